The van der Waals surface area contributed by atoms with Crippen molar-refractivity contribution in [1.82, 2.24) is 0 Å². The fraction of sp³-hybridized carbons (Fsp3) is 0.500. The molecule has 0 saturated carbocycles. The second-order valence-electron chi connectivity index (χ2n) is 3.12. The molecule has 0 aliphatic rings. The largest absolute Gasteiger partial charge is 0.151 e. The van der Waals surface area contributed by atoms with Crippen LogP contribution in [0.4, 0.5) is 0 Å². The van der Waals surface area contributed by atoms with Gasteiger partial charge in [0.25, 0.3) is 0 Å². The molecule has 1 aromatic rings. The van der Waals surface area contributed by atoms with E-state index < -0.39 is 0 Å². The SMILES string of the molecule is CCCCCCC#Cc1ccsc1. The van der Waals surface area contributed by atoms with Crippen molar-refractivity contribution >= 4 is 11.3 Å². The van der Waals surface area contributed by atoms with Gasteiger partial charge in [0.15, 0.2) is 0 Å². The van der Waals surface area contributed by atoms with Gasteiger partial charge in [0.05, 0.1) is 0 Å². The third kappa shape index (κ3) is 4.75. The van der Waals surface area contributed by atoms with Crippen LogP contribution in [0.5, 0.6) is 0 Å². The Balaban J connectivity index is 2.11. The van der Waals surface area contributed by atoms with E-state index in [4.69, 9.17) is 0 Å². The van der Waals surface area contributed by atoms with Crippen molar-refractivity contribution in [3.8, 4) is 11.8 Å². The third-order valence-corrected chi connectivity index (χ3v) is 2.59. The Bertz CT molecular complexity index is 261. The first-order valence-electron chi connectivity index (χ1n) is 4.94. The summed E-state index contributed by atoms with van der Waals surface area (Å²) in [5.41, 5.74) is 1.17. The van der Waals surface area contributed by atoms with Crippen LogP contribution in [0, 0.1) is 11.8 Å². The van der Waals surface area contributed by atoms with E-state index >= 15 is 0 Å². The second-order valence-corrected chi connectivity index (χ2v) is 3.90. The first-order valence-corrected chi connectivity index (χ1v) is 5.89. The maximum atomic E-state index is 3.20. The van der Waals surface area contributed by atoms with Gasteiger partial charge >= 0.3 is 0 Å². The summed E-state index contributed by atoms with van der Waals surface area (Å²) in [6.07, 6.45) is 6.29. The van der Waals surface area contributed by atoms with Crippen molar-refractivity contribution in [1.29, 1.82) is 0 Å². The Labute approximate surface area is 85.0 Å². The number of thiophene rings is 1. The molecule has 0 N–H and O–H groups in total. The van der Waals surface area contributed by atoms with Crippen LogP contribution in [0.1, 0.15) is 44.6 Å². The van der Waals surface area contributed by atoms with Crippen molar-refractivity contribution in [3.05, 3.63) is 22.4 Å². The molecule has 1 aromatic heterocycles. The van der Waals surface area contributed by atoms with Gasteiger partial charge in [-0.1, -0.05) is 38.0 Å². The fourth-order valence-corrected chi connectivity index (χ4v) is 1.73. The molecule has 70 valence electrons. The normalized spacial score (nSPS) is 9.31. The van der Waals surface area contributed by atoms with Crippen LogP contribution < -0.4 is 0 Å². The maximum absolute atomic E-state index is 3.20. The Morgan fingerprint density at radius 2 is 2.23 bits per heavy atom. The quantitative estimate of drug-likeness (QED) is 0.498. The molecule has 0 aliphatic heterocycles. The predicted octanol–water partition coefficient (Wildman–Crippen LogP) is 4.07. The smallest absolute Gasteiger partial charge is 0.0352 e. The van der Waals surface area contributed by atoms with Crippen LogP contribution in [0.3, 0.4) is 0 Å². The number of hydrogen-bond donors (Lipinski definition) is 0. The summed E-state index contributed by atoms with van der Waals surface area (Å²) >= 11 is 1.71. The molecule has 1 rings (SSSR count). The summed E-state index contributed by atoms with van der Waals surface area (Å²) in [4.78, 5) is 0. The minimum absolute atomic E-state index is 1.05. The molecule has 0 aromatic carbocycles. The zero-order chi connectivity index (χ0) is 9.36. The van der Waals surface area contributed by atoms with E-state index in [2.05, 4.69) is 35.6 Å². The minimum Gasteiger partial charge on any atom is -0.151 e. The van der Waals surface area contributed by atoms with Gasteiger partial charge in [0.1, 0.15) is 0 Å². The van der Waals surface area contributed by atoms with E-state index in [1.807, 2.05) is 0 Å². The molecule has 0 amide bonds. The molecule has 0 spiro atoms. The van der Waals surface area contributed by atoms with Crippen LogP contribution in [0.15, 0.2) is 16.8 Å². The summed E-state index contributed by atoms with van der Waals surface area (Å²) in [5, 5.41) is 4.17. The van der Waals surface area contributed by atoms with Gasteiger partial charge in [-0.15, -0.1) is 0 Å². The highest BCUT2D eigenvalue weighted by Gasteiger charge is 1.85. The van der Waals surface area contributed by atoms with Crippen LogP contribution in [-0.4, -0.2) is 0 Å². The van der Waals surface area contributed by atoms with Crippen LogP contribution >= 0.6 is 11.3 Å². The highest BCUT2D eigenvalue weighted by molar-refractivity contribution is 7.08. The van der Waals surface area contributed by atoms with E-state index in [0.29, 0.717) is 0 Å². The molecular weight excluding hydrogens is 176 g/mol. The van der Waals surface area contributed by atoms with E-state index in [-0.39, 0.29) is 0 Å². The summed E-state index contributed by atoms with van der Waals surface area (Å²) in [6, 6.07) is 2.07. The topological polar surface area (TPSA) is 0 Å². The van der Waals surface area contributed by atoms with E-state index in [1.165, 1.54) is 31.2 Å². The number of unbranched alkanes of at least 4 members (excludes halogenated alkanes) is 4. The molecule has 0 saturated heterocycles. The molecule has 0 unspecified atom stereocenters. The van der Waals surface area contributed by atoms with Gasteiger partial charge in [0, 0.05) is 17.4 Å². The Morgan fingerprint density at radius 1 is 1.31 bits per heavy atom. The molecule has 0 fully saturated rings. The molecule has 0 atom stereocenters. The van der Waals surface area contributed by atoms with Gasteiger partial charge in [-0.3, -0.25) is 0 Å². The van der Waals surface area contributed by atoms with Crippen molar-refractivity contribution in [2.45, 2.75) is 39.0 Å². The first kappa shape index (κ1) is 10.3. The number of rotatable bonds is 4. The average Bonchev–Trinajstić information content (AvgIpc) is 2.63. The van der Waals surface area contributed by atoms with E-state index in [1.54, 1.807) is 11.3 Å². The van der Waals surface area contributed by atoms with Crippen LogP contribution in [0.25, 0.3) is 0 Å². The summed E-state index contributed by atoms with van der Waals surface area (Å²) in [7, 11) is 0. The summed E-state index contributed by atoms with van der Waals surface area (Å²) in [6.45, 7) is 2.23. The summed E-state index contributed by atoms with van der Waals surface area (Å²) in [5.74, 6) is 6.37. The molecule has 1 heterocycles. The first-order chi connectivity index (χ1) is 6.43. The zero-order valence-electron chi connectivity index (χ0n) is 8.18. The highest BCUT2D eigenvalue weighted by Crippen LogP contribution is 2.04. The Morgan fingerprint density at radius 3 is 2.92 bits per heavy atom. The standard InChI is InChI=1S/C12H16S/c1-2-3-4-5-6-7-8-12-9-10-13-11-12/h9-11H,2-6H2,1H3. The monoisotopic (exact) mass is 192 g/mol. The highest BCUT2D eigenvalue weighted by atomic mass is 32.1. The van der Waals surface area contributed by atoms with Crippen LogP contribution in [-0.2, 0) is 0 Å². The van der Waals surface area contributed by atoms with Gasteiger partial charge in [-0.05, 0) is 17.9 Å². The van der Waals surface area contributed by atoms with Gasteiger partial charge in [-0.25, -0.2) is 0 Å². The maximum Gasteiger partial charge on any atom is 0.0352 e. The van der Waals surface area contributed by atoms with Crippen molar-refractivity contribution < 1.29 is 0 Å². The lowest BCUT2D eigenvalue weighted by atomic mass is 10.1. The predicted molar refractivity (Wildman–Crippen MR) is 60.0 cm³/mol. The van der Waals surface area contributed by atoms with Crippen molar-refractivity contribution in [2.75, 3.05) is 0 Å². The van der Waals surface area contributed by atoms with Crippen LogP contribution in [0.2, 0.25) is 0 Å². The van der Waals surface area contributed by atoms with E-state index in [9.17, 15) is 0 Å². The molecule has 0 nitrogen and oxygen atoms in total. The zero-order valence-corrected chi connectivity index (χ0v) is 8.99. The molecule has 0 bridgehead atoms. The second kappa shape index (κ2) is 6.74. The molecule has 13 heavy (non-hydrogen) atoms. The van der Waals surface area contributed by atoms with Crippen molar-refractivity contribution in [3.63, 3.8) is 0 Å². The lowest BCUT2D eigenvalue weighted by Crippen LogP contribution is -1.74. The molecule has 0 radical (unpaired) electrons. The lowest BCUT2D eigenvalue weighted by molar-refractivity contribution is 0.679. The lowest BCUT2D eigenvalue weighted by Gasteiger charge is -1.91. The Kier molecular flexibility index (Phi) is 5.36. The Hall–Kier alpha value is -0.740. The fourth-order valence-electron chi connectivity index (χ4n) is 1.14. The van der Waals surface area contributed by atoms with Gasteiger partial charge in [0.2, 0.25) is 0 Å². The van der Waals surface area contributed by atoms with E-state index in [0.717, 1.165) is 6.42 Å². The molecule has 1 heteroatoms. The molecule has 0 aliphatic carbocycles. The summed E-state index contributed by atoms with van der Waals surface area (Å²) < 4.78 is 0. The van der Waals surface area contributed by atoms with Crippen molar-refractivity contribution in [2.24, 2.45) is 0 Å². The van der Waals surface area contributed by atoms with Gasteiger partial charge < -0.3 is 0 Å². The molecular formula is C12H16S. The third-order valence-electron chi connectivity index (χ3n) is 1.91. The van der Waals surface area contributed by atoms with Gasteiger partial charge in [-0.2, -0.15) is 11.3 Å². The minimum atomic E-state index is 1.05. The average molecular weight is 192 g/mol. The number of hydrogen-bond acceptors (Lipinski definition) is 1.